The molecule has 8 heteroatoms. The number of esters is 1. The van der Waals surface area contributed by atoms with Crippen molar-refractivity contribution in [3.63, 3.8) is 0 Å². The zero-order valence-corrected chi connectivity index (χ0v) is 10.4. The zero-order valence-electron chi connectivity index (χ0n) is 10.4. The number of methoxy groups -OCH3 is 1. The Bertz CT molecular complexity index is 490. The van der Waals surface area contributed by atoms with Gasteiger partial charge < -0.3 is 20.3 Å². The highest BCUT2D eigenvalue weighted by Crippen LogP contribution is 2.29. The van der Waals surface area contributed by atoms with Crippen molar-refractivity contribution in [2.75, 3.05) is 19.5 Å². The van der Waals surface area contributed by atoms with Gasteiger partial charge in [-0.05, 0) is 11.6 Å². The van der Waals surface area contributed by atoms with E-state index in [1.165, 1.54) is 19.2 Å². The zero-order chi connectivity index (χ0) is 14.6. The number of carbonyl (C=O) groups is 1. The lowest BCUT2D eigenvalue weighted by atomic mass is 10.0. The minimum atomic E-state index is -1.80. The summed E-state index contributed by atoms with van der Waals surface area (Å²) in [5, 5.41) is 32.7. The van der Waals surface area contributed by atoms with Crippen molar-refractivity contribution in [3.8, 4) is 0 Å². The average molecular weight is 270 g/mol. The lowest BCUT2D eigenvalue weighted by molar-refractivity contribution is -0.384. The second kappa shape index (κ2) is 6.12. The first kappa shape index (κ1) is 14.9. The van der Waals surface area contributed by atoms with Gasteiger partial charge in [-0.15, -0.1) is 0 Å². The molecular weight excluding hydrogens is 256 g/mol. The molecule has 0 aliphatic rings. The number of anilines is 1. The number of hydrogen-bond acceptors (Lipinski definition) is 7. The summed E-state index contributed by atoms with van der Waals surface area (Å²) in [4.78, 5) is 21.3. The summed E-state index contributed by atoms with van der Waals surface area (Å²) in [6.07, 6.45) is -3.40. The first-order valence-corrected chi connectivity index (χ1v) is 5.32. The van der Waals surface area contributed by atoms with Crippen molar-refractivity contribution in [2.24, 2.45) is 0 Å². The molecule has 0 aromatic heterocycles. The summed E-state index contributed by atoms with van der Waals surface area (Å²) in [7, 11) is 2.58. The lowest BCUT2D eigenvalue weighted by Gasteiger charge is -2.16. The van der Waals surface area contributed by atoms with E-state index in [0.717, 1.165) is 13.2 Å². The molecule has 0 saturated heterocycles. The smallest absolute Gasteiger partial charge is 0.337 e. The molecule has 0 aliphatic carbocycles. The van der Waals surface area contributed by atoms with E-state index in [-0.39, 0.29) is 16.9 Å². The summed E-state index contributed by atoms with van der Waals surface area (Å²) in [6.45, 7) is 0. The summed E-state index contributed by atoms with van der Waals surface area (Å²) < 4.78 is 4.28. The highest BCUT2D eigenvalue weighted by atomic mass is 16.6. The lowest BCUT2D eigenvalue weighted by Crippen LogP contribution is -2.29. The fourth-order valence-electron chi connectivity index (χ4n) is 1.53. The van der Waals surface area contributed by atoms with Crippen molar-refractivity contribution < 1.29 is 24.7 Å². The summed E-state index contributed by atoms with van der Waals surface area (Å²) in [5.41, 5.74) is 0.0354. The molecule has 2 unspecified atom stereocenters. The molecule has 0 fully saturated rings. The van der Waals surface area contributed by atoms with E-state index in [2.05, 4.69) is 10.1 Å². The van der Waals surface area contributed by atoms with Crippen molar-refractivity contribution in [1.82, 2.24) is 0 Å². The molecule has 1 aromatic rings. The van der Waals surface area contributed by atoms with Gasteiger partial charge in [-0.3, -0.25) is 10.1 Å². The topological polar surface area (TPSA) is 122 Å². The number of rotatable bonds is 5. The third kappa shape index (κ3) is 3.18. The first-order valence-electron chi connectivity index (χ1n) is 5.32. The van der Waals surface area contributed by atoms with Gasteiger partial charge in [-0.2, -0.15) is 0 Å². The highest BCUT2D eigenvalue weighted by Gasteiger charge is 2.28. The fraction of sp³-hybridized carbons (Fsp3) is 0.364. The van der Waals surface area contributed by atoms with Gasteiger partial charge in [-0.25, -0.2) is 4.79 Å². The Morgan fingerprint density at radius 3 is 2.58 bits per heavy atom. The number of aliphatic hydroxyl groups excluding tert-OH is 2. The van der Waals surface area contributed by atoms with Crippen molar-refractivity contribution >= 4 is 17.3 Å². The molecule has 3 N–H and O–H groups in total. The first-order chi connectivity index (χ1) is 8.92. The summed E-state index contributed by atoms with van der Waals surface area (Å²) in [5.74, 6) is -1.02. The van der Waals surface area contributed by atoms with Crippen LogP contribution in [0.3, 0.4) is 0 Å². The minimum Gasteiger partial charge on any atom is -0.467 e. The third-order valence-corrected chi connectivity index (χ3v) is 2.57. The predicted molar refractivity (Wildman–Crippen MR) is 65.6 cm³/mol. The van der Waals surface area contributed by atoms with Crippen LogP contribution in [0.4, 0.5) is 11.4 Å². The third-order valence-electron chi connectivity index (χ3n) is 2.57. The van der Waals surface area contributed by atoms with Crippen LogP contribution in [-0.2, 0) is 9.53 Å². The summed E-state index contributed by atoms with van der Waals surface area (Å²) in [6, 6.07) is 3.83. The van der Waals surface area contributed by atoms with E-state index in [4.69, 9.17) is 0 Å². The number of ether oxygens (including phenoxy) is 1. The molecule has 1 aromatic carbocycles. The molecule has 0 spiro atoms. The molecule has 104 valence electrons. The molecule has 0 saturated carbocycles. The van der Waals surface area contributed by atoms with Crippen molar-refractivity contribution in [3.05, 3.63) is 33.9 Å². The van der Waals surface area contributed by atoms with Crippen molar-refractivity contribution in [1.29, 1.82) is 0 Å². The highest BCUT2D eigenvalue weighted by molar-refractivity contribution is 5.75. The Balaban J connectivity index is 3.11. The van der Waals surface area contributed by atoms with E-state index in [0.29, 0.717) is 0 Å². The maximum absolute atomic E-state index is 11.1. The van der Waals surface area contributed by atoms with Crippen LogP contribution in [0.1, 0.15) is 11.7 Å². The van der Waals surface area contributed by atoms with Crippen molar-refractivity contribution in [2.45, 2.75) is 12.2 Å². The Morgan fingerprint density at radius 2 is 2.11 bits per heavy atom. The Labute approximate surface area is 108 Å². The number of nitrogens with zero attached hydrogens (tertiary/aromatic N) is 1. The average Bonchev–Trinajstić information content (AvgIpc) is 2.43. The second-order valence-electron chi connectivity index (χ2n) is 3.70. The van der Waals surface area contributed by atoms with Gasteiger partial charge in [0.1, 0.15) is 11.8 Å². The largest absolute Gasteiger partial charge is 0.467 e. The normalized spacial score (nSPS) is 13.5. The number of nitro groups is 1. The second-order valence-corrected chi connectivity index (χ2v) is 3.70. The maximum atomic E-state index is 11.1. The van der Waals surface area contributed by atoms with Gasteiger partial charge >= 0.3 is 5.97 Å². The van der Waals surface area contributed by atoms with Gasteiger partial charge in [0.25, 0.3) is 5.69 Å². The number of benzene rings is 1. The molecule has 0 radical (unpaired) electrons. The van der Waals surface area contributed by atoms with Gasteiger partial charge in [0.15, 0.2) is 6.10 Å². The van der Waals surface area contributed by atoms with Gasteiger partial charge in [0, 0.05) is 13.1 Å². The molecule has 1 rings (SSSR count). The van der Waals surface area contributed by atoms with Crippen LogP contribution in [0.15, 0.2) is 18.2 Å². The van der Waals surface area contributed by atoms with Crippen LogP contribution in [0, 0.1) is 10.1 Å². The monoisotopic (exact) mass is 270 g/mol. The van der Waals surface area contributed by atoms with E-state index < -0.39 is 23.1 Å². The number of hydrogen-bond donors (Lipinski definition) is 3. The van der Waals surface area contributed by atoms with Crippen LogP contribution in [0.5, 0.6) is 0 Å². The molecule has 0 heterocycles. The predicted octanol–water partition coefficient (Wildman–Crippen LogP) is 0.204. The van der Waals surface area contributed by atoms with E-state index in [9.17, 15) is 25.1 Å². The standard InChI is InChI=1S/C11H14N2O6/c1-12-7-4-3-6(5-8(7)13(17)18)9(14)10(15)11(16)19-2/h3-5,9-10,12,14-15H,1-2H3. The number of nitrogens with one attached hydrogen (secondary N) is 1. The molecule has 8 nitrogen and oxygen atoms in total. The van der Waals surface area contributed by atoms with Crippen LogP contribution >= 0.6 is 0 Å². The number of carbonyl (C=O) groups excluding carboxylic acids is 1. The molecule has 0 amide bonds. The minimum absolute atomic E-state index is 0.0450. The quantitative estimate of drug-likeness (QED) is 0.397. The maximum Gasteiger partial charge on any atom is 0.337 e. The van der Waals surface area contributed by atoms with Crippen LogP contribution in [-0.4, -0.2) is 41.4 Å². The van der Waals surface area contributed by atoms with E-state index >= 15 is 0 Å². The molecule has 19 heavy (non-hydrogen) atoms. The van der Waals surface area contributed by atoms with Crippen LogP contribution in [0.2, 0.25) is 0 Å². The van der Waals surface area contributed by atoms with Gasteiger partial charge in [0.2, 0.25) is 0 Å². The van der Waals surface area contributed by atoms with Gasteiger partial charge in [0.05, 0.1) is 12.0 Å². The Morgan fingerprint density at radius 1 is 1.47 bits per heavy atom. The number of nitro benzene ring substituents is 1. The SMILES string of the molecule is CNc1ccc(C(O)C(O)C(=O)OC)cc1[N+](=O)[O-]. The Hall–Kier alpha value is -2.19. The number of aliphatic hydroxyl groups is 2. The van der Waals surface area contributed by atoms with Crippen LogP contribution < -0.4 is 5.32 Å². The van der Waals surface area contributed by atoms with E-state index in [1.807, 2.05) is 0 Å². The molecular formula is C11H14N2O6. The van der Waals surface area contributed by atoms with E-state index in [1.54, 1.807) is 0 Å². The molecule has 2 atom stereocenters. The Kier molecular flexibility index (Phi) is 4.79. The molecule has 0 bridgehead atoms. The fourth-order valence-corrected chi connectivity index (χ4v) is 1.53. The van der Waals surface area contributed by atoms with Crippen LogP contribution in [0.25, 0.3) is 0 Å². The molecule has 0 aliphatic heterocycles. The van der Waals surface area contributed by atoms with Gasteiger partial charge in [-0.1, -0.05) is 6.07 Å². The summed E-state index contributed by atoms with van der Waals surface area (Å²) >= 11 is 0.